The number of hydrogen-bond donors (Lipinski definition) is 2. The van der Waals surface area contributed by atoms with E-state index < -0.39 is 11.2 Å². The molecule has 0 radical (unpaired) electrons. The fourth-order valence-corrected chi connectivity index (χ4v) is 2.18. The molecule has 0 aliphatic carbocycles. The van der Waals surface area contributed by atoms with Gasteiger partial charge in [-0.05, 0) is 13.5 Å². The Hall–Kier alpha value is -1.93. The van der Waals surface area contributed by atoms with E-state index in [2.05, 4.69) is 15.3 Å². The summed E-state index contributed by atoms with van der Waals surface area (Å²) in [7, 11) is 5.17. The van der Waals surface area contributed by atoms with E-state index in [0.29, 0.717) is 43.1 Å². The summed E-state index contributed by atoms with van der Waals surface area (Å²) < 4.78 is 8.17. The number of nitrogens with one attached hydrogen (secondary N) is 2. The van der Waals surface area contributed by atoms with Gasteiger partial charge in [0.15, 0.2) is 11.2 Å². The molecule has 0 spiro atoms. The average molecular weight is 281 g/mol. The lowest BCUT2D eigenvalue weighted by Crippen LogP contribution is -2.31. The quantitative estimate of drug-likeness (QED) is 0.675. The summed E-state index contributed by atoms with van der Waals surface area (Å²) in [4.78, 5) is 30.6. The highest BCUT2D eigenvalue weighted by atomic mass is 16.5. The molecule has 0 atom stereocenters. The van der Waals surface area contributed by atoms with Crippen LogP contribution in [0.1, 0.15) is 12.2 Å². The topological polar surface area (TPSA) is 93.9 Å². The van der Waals surface area contributed by atoms with Gasteiger partial charge >= 0.3 is 5.69 Å². The zero-order valence-electron chi connectivity index (χ0n) is 11.9. The maximum absolute atomic E-state index is 11.9. The van der Waals surface area contributed by atoms with Crippen LogP contribution in [0.2, 0.25) is 0 Å². The Morgan fingerprint density at radius 1 is 1.40 bits per heavy atom. The Morgan fingerprint density at radius 2 is 2.15 bits per heavy atom. The normalized spacial score (nSPS) is 11.3. The third-order valence-corrected chi connectivity index (χ3v) is 3.17. The van der Waals surface area contributed by atoms with Crippen LogP contribution in [-0.4, -0.2) is 39.9 Å². The number of H-pyrrole nitrogens is 1. The van der Waals surface area contributed by atoms with Crippen LogP contribution in [0.3, 0.4) is 0 Å². The molecule has 0 aromatic carbocycles. The van der Waals surface area contributed by atoms with Gasteiger partial charge in [-0.15, -0.1) is 0 Å². The van der Waals surface area contributed by atoms with Crippen molar-refractivity contribution in [3.05, 3.63) is 26.7 Å². The number of methoxy groups -OCH3 is 1. The molecule has 8 heteroatoms. The van der Waals surface area contributed by atoms with Crippen molar-refractivity contribution in [2.24, 2.45) is 7.05 Å². The molecular formula is C12H19N5O3. The van der Waals surface area contributed by atoms with E-state index in [1.54, 1.807) is 25.8 Å². The Labute approximate surface area is 115 Å². The van der Waals surface area contributed by atoms with E-state index in [9.17, 15) is 9.59 Å². The van der Waals surface area contributed by atoms with Crippen LogP contribution in [0.15, 0.2) is 9.59 Å². The summed E-state index contributed by atoms with van der Waals surface area (Å²) in [5, 5.41) is 2.99. The van der Waals surface area contributed by atoms with Gasteiger partial charge in [-0.1, -0.05) is 0 Å². The zero-order valence-corrected chi connectivity index (χ0v) is 11.9. The Morgan fingerprint density at radius 3 is 2.80 bits per heavy atom. The summed E-state index contributed by atoms with van der Waals surface area (Å²) >= 11 is 0. The molecule has 0 aliphatic rings. The molecule has 2 aromatic rings. The van der Waals surface area contributed by atoms with Crippen LogP contribution in [0.4, 0.5) is 0 Å². The highest BCUT2D eigenvalue weighted by Gasteiger charge is 2.15. The highest BCUT2D eigenvalue weighted by molar-refractivity contribution is 5.70. The SMILES string of the molecule is CNCc1nc2c(c(=O)[nH]c(=O)n2CCCOC)n1C. The smallest absolute Gasteiger partial charge is 0.330 e. The molecule has 0 amide bonds. The minimum absolute atomic E-state index is 0.410. The highest BCUT2D eigenvalue weighted by Crippen LogP contribution is 2.09. The van der Waals surface area contributed by atoms with Gasteiger partial charge < -0.3 is 14.6 Å². The summed E-state index contributed by atoms with van der Waals surface area (Å²) in [6.07, 6.45) is 0.676. The summed E-state index contributed by atoms with van der Waals surface area (Å²) in [5.41, 5.74) is -0.0204. The van der Waals surface area contributed by atoms with Crippen molar-refractivity contribution >= 4 is 11.2 Å². The largest absolute Gasteiger partial charge is 0.385 e. The second-order valence-corrected chi connectivity index (χ2v) is 4.55. The van der Waals surface area contributed by atoms with Gasteiger partial charge in [-0.2, -0.15) is 0 Å². The van der Waals surface area contributed by atoms with Crippen LogP contribution < -0.4 is 16.6 Å². The number of hydrogen-bond acceptors (Lipinski definition) is 5. The molecule has 20 heavy (non-hydrogen) atoms. The van der Waals surface area contributed by atoms with E-state index >= 15 is 0 Å². The number of imidazole rings is 1. The molecule has 0 unspecified atom stereocenters. The number of nitrogens with zero attached hydrogens (tertiary/aromatic N) is 3. The van der Waals surface area contributed by atoms with Crippen molar-refractivity contribution in [1.82, 2.24) is 24.4 Å². The second kappa shape index (κ2) is 6.02. The van der Waals surface area contributed by atoms with Crippen LogP contribution in [0.25, 0.3) is 11.2 Å². The maximum Gasteiger partial charge on any atom is 0.330 e. The predicted molar refractivity (Wildman–Crippen MR) is 74.9 cm³/mol. The van der Waals surface area contributed by atoms with Crippen molar-refractivity contribution in [3.8, 4) is 0 Å². The number of fused-ring (bicyclic) bond motifs is 1. The fourth-order valence-electron chi connectivity index (χ4n) is 2.18. The molecule has 0 fully saturated rings. The Balaban J connectivity index is 2.59. The van der Waals surface area contributed by atoms with Gasteiger partial charge in [-0.3, -0.25) is 14.3 Å². The number of aryl methyl sites for hydroxylation is 2. The van der Waals surface area contributed by atoms with Crippen LogP contribution in [-0.2, 0) is 24.9 Å². The van der Waals surface area contributed by atoms with Gasteiger partial charge in [0, 0.05) is 27.3 Å². The number of aromatic nitrogens is 4. The first-order valence-electron chi connectivity index (χ1n) is 6.42. The lowest BCUT2D eigenvalue weighted by atomic mass is 10.4. The van der Waals surface area contributed by atoms with E-state index in [0.717, 1.165) is 0 Å². The van der Waals surface area contributed by atoms with E-state index in [-0.39, 0.29) is 0 Å². The first kappa shape index (κ1) is 14.5. The van der Waals surface area contributed by atoms with Crippen LogP contribution >= 0.6 is 0 Å². The summed E-state index contributed by atoms with van der Waals surface area (Å²) in [6.45, 7) is 1.52. The van der Waals surface area contributed by atoms with Crippen molar-refractivity contribution in [2.75, 3.05) is 20.8 Å². The van der Waals surface area contributed by atoms with Gasteiger partial charge in [0.1, 0.15) is 5.82 Å². The molecule has 0 bridgehead atoms. The standard InChI is InChI=1S/C12H19N5O3/c1-13-7-8-14-10-9(16(8)2)11(18)15-12(19)17(10)5-4-6-20-3/h13H,4-7H2,1-3H3,(H,15,18,19). The van der Waals surface area contributed by atoms with Gasteiger partial charge in [0.2, 0.25) is 0 Å². The summed E-state index contributed by atoms with van der Waals surface area (Å²) in [5.74, 6) is 0.707. The molecule has 2 rings (SSSR count). The number of ether oxygens (including phenoxy) is 1. The minimum Gasteiger partial charge on any atom is -0.385 e. The van der Waals surface area contributed by atoms with E-state index in [1.165, 1.54) is 4.57 Å². The molecule has 2 aromatic heterocycles. The first-order chi connectivity index (χ1) is 9.60. The van der Waals surface area contributed by atoms with Gasteiger partial charge in [-0.25, -0.2) is 9.78 Å². The van der Waals surface area contributed by atoms with Gasteiger partial charge in [0.25, 0.3) is 5.56 Å². The van der Waals surface area contributed by atoms with Crippen LogP contribution in [0.5, 0.6) is 0 Å². The molecule has 110 valence electrons. The van der Waals surface area contributed by atoms with Crippen molar-refractivity contribution < 1.29 is 4.74 Å². The van der Waals surface area contributed by atoms with Crippen molar-refractivity contribution in [1.29, 1.82) is 0 Å². The second-order valence-electron chi connectivity index (χ2n) is 4.55. The molecule has 8 nitrogen and oxygen atoms in total. The van der Waals surface area contributed by atoms with Crippen molar-refractivity contribution in [2.45, 2.75) is 19.5 Å². The van der Waals surface area contributed by atoms with E-state index in [4.69, 9.17) is 4.74 Å². The Kier molecular flexibility index (Phi) is 4.35. The van der Waals surface area contributed by atoms with E-state index in [1.807, 2.05) is 0 Å². The molecule has 0 saturated carbocycles. The van der Waals surface area contributed by atoms with Gasteiger partial charge in [0.05, 0.1) is 6.54 Å². The lowest BCUT2D eigenvalue weighted by molar-refractivity contribution is 0.190. The summed E-state index contributed by atoms with van der Waals surface area (Å²) in [6, 6.07) is 0. The molecule has 0 saturated heterocycles. The third-order valence-electron chi connectivity index (χ3n) is 3.17. The minimum atomic E-state index is -0.437. The Bertz CT molecular complexity index is 712. The van der Waals surface area contributed by atoms with Crippen molar-refractivity contribution in [3.63, 3.8) is 0 Å². The fraction of sp³-hybridized carbons (Fsp3) is 0.583. The molecule has 2 N–H and O–H groups in total. The first-order valence-corrected chi connectivity index (χ1v) is 6.42. The third kappa shape index (κ3) is 2.52. The molecule has 0 aliphatic heterocycles. The average Bonchev–Trinajstić information content (AvgIpc) is 2.72. The molecule has 2 heterocycles. The monoisotopic (exact) mass is 281 g/mol. The lowest BCUT2D eigenvalue weighted by Gasteiger charge is -2.05. The number of aromatic amines is 1. The number of rotatable bonds is 6. The molecular weight excluding hydrogens is 262 g/mol. The maximum atomic E-state index is 11.9. The zero-order chi connectivity index (χ0) is 14.7. The van der Waals surface area contributed by atoms with Crippen LogP contribution in [0, 0.1) is 0 Å². The predicted octanol–water partition coefficient (Wildman–Crippen LogP) is -0.821.